The summed E-state index contributed by atoms with van der Waals surface area (Å²) in [6.45, 7) is 0.904. The van der Waals surface area contributed by atoms with E-state index in [9.17, 15) is 32.7 Å². The summed E-state index contributed by atoms with van der Waals surface area (Å²) in [7, 11) is 0. The minimum atomic E-state index is -4.90. The zero-order chi connectivity index (χ0) is 24.6. The zero-order valence-electron chi connectivity index (χ0n) is 17.2. The van der Waals surface area contributed by atoms with Gasteiger partial charge in [0, 0.05) is 12.4 Å². The second-order valence-corrected chi connectivity index (χ2v) is 8.84. The highest BCUT2D eigenvalue weighted by Crippen LogP contribution is 2.43. The van der Waals surface area contributed by atoms with E-state index in [0.717, 1.165) is 10.9 Å². The number of carboxylic acids is 1. The molecule has 0 radical (unpaired) electrons. The number of hydrogen-bond donors (Lipinski definition) is 2. The summed E-state index contributed by atoms with van der Waals surface area (Å²) in [5, 5.41) is 15.2. The molecule has 33 heavy (non-hydrogen) atoms. The maximum absolute atomic E-state index is 13.9. The minimum Gasteiger partial charge on any atom is -0.481 e. The molecule has 0 bridgehead atoms. The van der Waals surface area contributed by atoms with Crippen LogP contribution in [0.25, 0.3) is 0 Å². The molecule has 1 fully saturated rings. The number of hydrogen-bond acceptors (Lipinski definition) is 5. The lowest BCUT2D eigenvalue weighted by Gasteiger charge is -2.34. The predicted octanol–water partition coefficient (Wildman–Crippen LogP) is 4.42. The average molecular weight is 507 g/mol. The Bertz CT molecular complexity index is 1080. The highest BCUT2D eigenvalue weighted by atomic mass is 35.5. The monoisotopic (exact) mass is 506 g/mol. The summed E-state index contributed by atoms with van der Waals surface area (Å²) in [6.07, 6.45) is -1.10. The van der Waals surface area contributed by atoms with Crippen molar-refractivity contribution in [3.63, 3.8) is 0 Å². The van der Waals surface area contributed by atoms with Gasteiger partial charge in [0.2, 0.25) is 0 Å². The number of nitrogens with zero attached hydrogens (tertiary/aromatic N) is 3. The van der Waals surface area contributed by atoms with E-state index in [1.54, 1.807) is 6.92 Å². The number of nitrogens with one attached hydrogen (secondary N) is 1. The first-order valence-electron chi connectivity index (χ1n) is 9.83. The molecule has 1 aliphatic rings. The van der Waals surface area contributed by atoms with Gasteiger partial charge in [0.05, 0.1) is 45.4 Å². The maximum Gasteiger partial charge on any atom is 0.433 e. The van der Waals surface area contributed by atoms with Gasteiger partial charge in [-0.3, -0.25) is 24.0 Å². The van der Waals surface area contributed by atoms with Crippen molar-refractivity contribution in [1.29, 1.82) is 0 Å². The molecule has 1 saturated carbocycles. The van der Waals surface area contributed by atoms with E-state index < -0.39 is 53.1 Å². The number of ketones is 1. The quantitative estimate of drug-likeness (QED) is 0.560. The minimum absolute atomic E-state index is 0.0591. The number of amides is 1. The average Bonchev–Trinajstić information content (AvgIpc) is 3.18. The van der Waals surface area contributed by atoms with E-state index in [-0.39, 0.29) is 41.3 Å². The van der Waals surface area contributed by atoms with E-state index in [1.165, 1.54) is 12.4 Å². The van der Waals surface area contributed by atoms with E-state index >= 15 is 0 Å². The number of carbonyl (C=O) groups is 3. The predicted molar refractivity (Wildman–Crippen MR) is 111 cm³/mol. The lowest BCUT2D eigenvalue weighted by atomic mass is 9.74. The van der Waals surface area contributed by atoms with Gasteiger partial charge in [-0.05, 0) is 32.6 Å². The Kier molecular flexibility index (Phi) is 7.04. The van der Waals surface area contributed by atoms with E-state index in [0.29, 0.717) is 0 Å². The molecule has 3 rings (SSSR count). The highest BCUT2D eigenvalue weighted by Gasteiger charge is 2.44. The second kappa shape index (κ2) is 9.30. The standard InChI is InChI=1S/C20H19Cl2F3N4O4/c1-19(18(32)33)4-2-10(3-5-19)29-16(20(23,24)25)11(6-28-29)17(31)27-9-14(30)15-12(21)7-26-8-13(15)22/h6-8,10H,2-5,9H2,1H3,(H,27,31)(H,32,33). The number of aromatic nitrogens is 3. The molecule has 0 atom stereocenters. The van der Waals surface area contributed by atoms with Gasteiger partial charge in [0.15, 0.2) is 11.5 Å². The molecule has 1 amide bonds. The van der Waals surface area contributed by atoms with Gasteiger partial charge in [0.1, 0.15) is 0 Å². The van der Waals surface area contributed by atoms with Crippen molar-refractivity contribution in [2.45, 2.75) is 44.8 Å². The number of Topliss-reactive ketones (excluding diaryl/α,β-unsaturated/α-hetero) is 1. The highest BCUT2D eigenvalue weighted by molar-refractivity contribution is 6.39. The number of carboxylic acid groups (broad SMARTS) is 1. The first-order valence-corrected chi connectivity index (χ1v) is 10.6. The molecule has 2 aromatic rings. The normalized spacial score (nSPS) is 21.0. The SMILES string of the molecule is CC1(C(=O)O)CCC(n2ncc(C(=O)NCC(=O)c3c(Cl)cncc3Cl)c2C(F)(F)F)CC1. The molecule has 13 heteroatoms. The van der Waals surface area contributed by atoms with Crippen molar-refractivity contribution in [3.8, 4) is 0 Å². The van der Waals surface area contributed by atoms with E-state index in [2.05, 4.69) is 15.4 Å². The number of halogens is 5. The van der Waals surface area contributed by atoms with Crippen LogP contribution < -0.4 is 5.32 Å². The van der Waals surface area contributed by atoms with Gasteiger partial charge < -0.3 is 10.4 Å². The molecule has 0 unspecified atom stereocenters. The fraction of sp³-hybridized carbons (Fsp3) is 0.450. The largest absolute Gasteiger partial charge is 0.481 e. The Morgan fingerprint density at radius 3 is 2.27 bits per heavy atom. The van der Waals surface area contributed by atoms with E-state index in [1.807, 2.05) is 0 Å². The topological polar surface area (TPSA) is 114 Å². The molecule has 2 aromatic heterocycles. The summed E-state index contributed by atoms with van der Waals surface area (Å²) in [5.41, 5.74) is -3.12. The Morgan fingerprint density at radius 2 is 1.76 bits per heavy atom. The van der Waals surface area contributed by atoms with Gasteiger partial charge in [-0.1, -0.05) is 23.2 Å². The van der Waals surface area contributed by atoms with Crippen molar-refractivity contribution in [2.75, 3.05) is 6.54 Å². The van der Waals surface area contributed by atoms with E-state index in [4.69, 9.17) is 23.2 Å². The Balaban J connectivity index is 1.80. The van der Waals surface area contributed by atoms with Crippen LogP contribution in [-0.2, 0) is 11.0 Å². The summed E-state index contributed by atoms with van der Waals surface area (Å²) in [6, 6.07) is -0.716. The third-order valence-electron chi connectivity index (χ3n) is 5.77. The first kappa shape index (κ1) is 25.0. The lowest BCUT2D eigenvalue weighted by Crippen LogP contribution is -2.35. The Hall–Kier alpha value is -2.66. The summed E-state index contributed by atoms with van der Waals surface area (Å²) < 4.78 is 42.3. The molecule has 2 heterocycles. The van der Waals surface area contributed by atoms with Crippen LogP contribution in [0.1, 0.15) is 65.1 Å². The van der Waals surface area contributed by atoms with Crippen molar-refractivity contribution in [1.82, 2.24) is 20.1 Å². The Labute approximate surface area is 196 Å². The van der Waals surface area contributed by atoms with Gasteiger partial charge in [-0.2, -0.15) is 18.3 Å². The van der Waals surface area contributed by atoms with Crippen molar-refractivity contribution >= 4 is 40.9 Å². The third-order valence-corrected chi connectivity index (χ3v) is 6.34. The number of alkyl halides is 3. The second-order valence-electron chi connectivity index (χ2n) is 8.03. The molecule has 0 aliphatic heterocycles. The number of carbonyl (C=O) groups excluding carboxylic acids is 2. The maximum atomic E-state index is 13.9. The van der Waals surface area contributed by atoms with Gasteiger partial charge in [0.25, 0.3) is 5.91 Å². The molecule has 2 N–H and O–H groups in total. The van der Waals surface area contributed by atoms with Gasteiger partial charge >= 0.3 is 12.1 Å². The van der Waals surface area contributed by atoms with Crippen LogP contribution in [-0.4, -0.2) is 44.1 Å². The molecule has 0 spiro atoms. The first-order chi connectivity index (χ1) is 15.3. The smallest absolute Gasteiger partial charge is 0.433 e. The van der Waals surface area contributed by atoms with Crippen molar-refractivity contribution < 1.29 is 32.7 Å². The summed E-state index contributed by atoms with van der Waals surface area (Å²) >= 11 is 11.8. The summed E-state index contributed by atoms with van der Waals surface area (Å²) in [5.74, 6) is -2.85. The molecular formula is C20H19Cl2F3N4O4. The molecule has 0 saturated heterocycles. The molecular weight excluding hydrogens is 488 g/mol. The molecule has 0 aromatic carbocycles. The third kappa shape index (κ3) is 5.14. The molecule has 178 valence electrons. The van der Waals surface area contributed by atoms with Gasteiger partial charge in [-0.15, -0.1) is 0 Å². The summed E-state index contributed by atoms with van der Waals surface area (Å²) in [4.78, 5) is 40.0. The molecule has 8 nitrogen and oxygen atoms in total. The van der Waals surface area contributed by atoms with Crippen molar-refractivity contribution in [2.24, 2.45) is 5.41 Å². The van der Waals surface area contributed by atoms with Crippen LogP contribution in [0.2, 0.25) is 10.0 Å². The van der Waals surface area contributed by atoms with Crippen molar-refractivity contribution in [3.05, 3.63) is 45.5 Å². The van der Waals surface area contributed by atoms with Crippen LogP contribution in [0.5, 0.6) is 0 Å². The van der Waals surface area contributed by atoms with Crippen LogP contribution in [0.4, 0.5) is 13.2 Å². The van der Waals surface area contributed by atoms with Crippen LogP contribution >= 0.6 is 23.2 Å². The van der Waals surface area contributed by atoms with Gasteiger partial charge in [-0.25, -0.2) is 0 Å². The van der Waals surface area contributed by atoms with Crippen LogP contribution in [0.15, 0.2) is 18.6 Å². The van der Waals surface area contributed by atoms with Crippen LogP contribution in [0.3, 0.4) is 0 Å². The fourth-order valence-corrected chi connectivity index (χ4v) is 4.38. The number of pyridine rings is 1. The lowest BCUT2D eigenvalue weighted by molar-refractivity contribution is -0.152. The molecule has 1 aliphatic carbocycles. The number of aliphatic carboxylic acids is 1. The fourth-order valence-electron chi connectivity index (χ4n) is 3.81. The zero-order valence-corrected chi connectivity index (χ0v) is 18.8. The number of rotatable bonds is 6. The van der Waals surface area contributed by atoms with Crippen LogP contribution in [0, 0.1) is 5.41 Å². The Morgan fingerprint density at radius 1 is 1.18 bits per heavy atom.